The van der Waals surface area contributed by atoms with Crippen molar-refractivity contribution in [1.29, 1.82) is 5.26 Å². The van der Waals surface area contributed by atoms with Crippen molar-refractivity contribution in [2.45, 2.75) is 13.1 Å². The molecule has 0 bridgehead atoms. The molecule has 0 unspecified atom stereocenters. The van der Waals surface area contributed by atoms with E-state index in [1.165, 1.54) is 34.9 Å². The molecule has 0 aliphatic heterocycles. The Morgan fingerprint density at radius 1 is 1.06 bits per heavy atom. The number of pyridine rings is 2. The number of hydrogen-bond donors (Lipinski definition) is 0. The van der Waals surface area contributed by atoms with Crippen LogP contribution in [0.2, 0.25) is 0 Å². The minimum absolute atomic E-state index is 0. The van der Waals surface area contributed by atoms with Gasteiger partial charge >= 0.3 is 33.1 Å². The summed E-state index contributed by atoms with van der Waals surface area (Å²) in [6.07, 6.45) is -0.173. The van der Waals surface area contributed by atoms with Gasteiger partial charge in [0.05, 0.1) is 23.4 Å². The van der Waals surface area contributed by atoms with E-state index in [2.05, 4.69) is 37.4 Å². The van der Waals surface area contributed by atoms with Crippen LogP contribution in [-0.4, -0.2) is 34.9 Å². The standard InChI is InChI=1S/C21H9F3N8O.Pt/c1-12-20(26-2)28-11-31(12)16-7-3-5-13(29-16)18(33)14-6-4-8-17(30-14)32-10-27-15(9-25)19(32)21(22,23)24;/h3-8H,1H3;/q-2;+2. The second-order valence-electron chi connectivity index (χ2n) is 6.51. The third-order valence-corrected chi connectivity index (χ3v) is 4.50. The molecule has 34 heavy (non-hydrogen) atoms. The second kappa shape index (κ2) is 9.38. The average Bonchev–Trinajstić information content (AvgIpc) is 3.42. The molecular formula is C21H9F3N8OPt. The monoisotopic (exact) mass is 641 g/mol. The molecule has 0 amide bonds. The van der Waals surface area contributed by atoms with E-state index in [9.17, 15) is 18.0 Å². The molecule has 13 heteroatoms. The van der Waals surface area contributed by atoms with Crippen molar-refractivity contribution in [1.82, 2.24) is 29.1 Å². The number of carbonyl (C=O) groups excluding carboxylic acids is 1. The maximum atomic E-state index is 13.4. The Kier molecular flexibility index (Phi) is 6.75. The number of ketones is 1. The first-order chi connectivity index (χ1) is 15.7. The number of imidazole rings is 2. The smallest absolute Gasteiger partial charge is 0.407 e. The zero-order chi connectivity index (χ0) is 23.8. The van der Waals surface area contributed by atoms with Crippen LogP contribution in [0.4, 0.5) is 19.0 Å². The fraction of sp³-hybridized carbons (Fsp3) is 0.0952. The fourth-order valence-corrected chi connectivity index (χ4v) is 2.98. The molecule has 0 N–H and O–H groups in total. The first-order valence-corrected chi connectivity index (χ1v) is 9.06. The molecule has 0 radical (unpaired) electrons. The van der Waals surface area contributed by atoms with Gasteiger partial charge in [0.25, 0.3) is 0 Å². The summed E-state index contributed by atoms with van der Waals surface area (Å²) in [6.45, 7) is 8.74. The van der Waals surface area contributed by atoms with E-state index in [1.54, 1.807) is 19.1 Å². The average molecular weight is 641 g/mol. The molecule has 4 rings (SSSR count). The van der Waals surface area contributed by atoms with Crippen LogP contribution in [-0.2, 0) is 27.2 Å². The number of aromatic nitrogens is 6. The summed E-state index contributed by atoms with van der Waals surface area (Å²) in [4.78, 5) is 31.7. The van der Waals surface area contributed by atoms with Gasteiger partial charge in [0.1, 0.15) is 11.4 Å². The third kappa shape index (κ3) is 4.36. The maximum absolute atomic E-state index is 13.4. The van der Waals surface area contributed by atoms with Gasteiger partial charge < -0.3 is 19.0 Å². The molecule has 170 valence electrons. The third-order valence-electron chi connectivity index (χ3n) is 4.50. The molecule has 4 aromatic heterocycles. The summed E-state index contributed by atoms with van der Waals surface area (Å²) < 4.78 is 42.2. The van der Waals surface area contributed by atoms with Gasteiger partial charge in [-0.15, -0.1) is 4.98 Å². The van der Waals surface area contributed by atoms with E-state index in [4.69, 9.17) is 11.8 Å². The van der Waals surface area contributed by atoms with Gasteiger partial charge in [0, 0.05) is 17.7 Å². The fourth-order valence-electron chi connectivity index (χ4n) is 2.98. The molecule has 4 heterocycles. The maximum Gasteiger partial charge on any atom is 2.00 e. The van der Waals surface area contributed by atoms with Crippen LogP contribution in [0.15, 0.2) is 36.4 Å². The molecule has 0 saturated heterocycles. The van der Waals surface area contributed by atoms with E-state index >= 15 is 0 Å². The molecule has 0 atom stereocenters. The van der Waals surface area contributed by atoms with Crippen LogP contribution in [0, 0.1) is 37.5 Å². The number of nitriles is 1. The quantitative estimate of drug-likeness (QED) is 0.250. The number of halogens is 3. The topological polar surface area (TPSA) is 107 Å². The van der Waals surface area contributed by atoms with Crippen molar-refractivity contribution in [2.24, 2.45) is 0 Å². The van der Waals surface area contributed by atoms with Crippen LogP contribution in [0.3, 0.4) is 0 Å². The van der Waals surface area contributed by atoms with Crippen LogP contribution in [0.1, 0.15) is 33.3 Å². The van der Waals surface area contributed by atoms with Crippen molar-refractivity contribution in [3.8, 4) is 17.7 Å². The van der Waals surface area contributed by atoms with Gasteiger partial charge in [-0.05, 0) is 12.1 Å². The summed E-state index contributed by atoms with van der Waals surface area (Å²) in [6, 6.07) is 9.81. The molecular weight excluding hydrogens is 632 g/mol. The van der Waals surface area contributed by atoms with Crippen molar-refractivity contribution in [2.75, 3.05) is 0 Å². The summed E-state index contributed by atoms with van der Waals surface area (Å²) in [5.41, 5.74) is -1.94. The summed E-state index contributed by atoms with van der Waals surface area (Å²) in [5, 5.41) is 8.94. The van der Waals surface area contributed by atoms with E-state index < -0.39 is 23.3 Å². The van der Waals surface area contributed by atoms with Gasteiger partial charge in [-0.3, -0.25) is 14.8 Å². The number of hydrogen-bond acceptors (Lipinski definition) is 6. The molecule has 0 aliphatic carbocycles. The molecule has 0 aromatic carbocycles. The predicted octanol–water partition coefficient (Wildman–Crippen LogP) is 3.43. The summed E-state index contributed by atoms with van der Waals surface area (Å²) in [7, 11) is 0. The van der Waals surface area contributed by atoms with Gasteiger partial charge in [-0.1, -0.05) is 37.8 Å². The zero-order valence-electron chi connectivity index (χ0n) is 16.9. The first-order valence-electron chi connectivity index (χ1n) is 9.06. The number of nitrogens with zero attached hydrogens (tertiary/aromatic N) is 8. The van der Waals surface area contributed by atoms with Crippen molar-refractivity contribution < 1.29 is 39.0 Å². The van der Waals surface area contributed by atoms with Gasteiger partial charge in [0.2, 0.25) is 5.78 Å². The summed E-state index contributed by atoms with van der Waals surface area (Å²) in [5.74, 6) is -0.538. The van der Waals surface area contributed by atoms with Crippen LogP contribution in [0.5, 0.6) is 0 Å². The Bertz CT molecular complexity index is 1480. The minimum atomic E-state index is -4.89. The number of rotatable bonds is 4. The SMILES string of the molecule is [C-]#[N+]c1n[c-]n(-c2cccc(C(=O)c3cccc(-n4[c-]nc(C#N)c4C(F)(F)F)n3)n2)c1C.[Pt+2]. The van der Waals surface area contributed by atoms with E-state index in [0.29, 0.717) is 10.3 Å². The molecule has 9 nitrogen and oxygen atoms in total. The molecule has 0 fully saturated rings. The van der Waals surface area contributed by atoms with Crippen LogP contribution in [0.25, 0.3) is 16.5 Å². The predicted molar refractivity (Wildman–Crippen MR) is 105 cm³/mol. The van der Waals surface area contributed by atoms with E-state index in [-0.39, 0.29) is 49.9 Å². The molecule has 0 saturated carbocycles. The Balaban J connectivity index is 0.00000324. The van der Waals surface area contributed by atoms with Crippen molar-refractivity contribution in [3.05, 3.63) is 88.9 Å². The molecule has 0 spiro atoms. The second-order valence-corrected chi connectivity index (χ2v) is 6.51. The van der Waals surface area contributed by atoms with Gasteiger partial charge in [-0.2, -0.15) is 13.2 Å². The molecule has 4 aromatic rings. The van der Waals surface area contributed by atoms with Gasteiger partial charge in [0.15, 0.2) is 6.33 Å². The van der Waals surface area contributed by atoms with Crippen LogP contribution < -0.4 is 0 Å². The van der Waals surface area contributed by atoms with E-state index in [0.717, 1.165) is 0 Å². The van der Waals surface area contributed by atoms with Crippen molar-refractivity contribution >= 4 is 11.6 Å². The Morgan fingerprint density at radius 2 is 1.62 bits per heavy atom. The normalized spacial score (nSPS) is 10.8. The summed E-state index contributed by atoms with van der Waals surface area (Å²) >= 11 is 0. The number of carbonyl (C=O) groups is 1. The van der Waals surface area contributed by atoms with Gasteiger partial charge in [-0.25, -0.2) is 5.26 Å². The Labute approximate surface area is 204 Å². The first kappa shape index (κ1) is 24.5. The van der Waals surface area contributed by atoms with Crippen LogP contribution >= 0.6 is 0 Å². The minimum Gasteiger partial charge on any atom is -0.407 e. The number of alkyl halides is 3. The Hall–Kier alpha value is -4.15. The zero-order valence-corrected chi connectivity index (χ0v) is 19.2. The van der Waals surface area contributed by atoms with E-state index in [1.807, 2.05) is 0 Å². The molecule has 0 aliphatic rings. The Morgan fingerprint density at radius 3 is 2.12 bits per heavy atom. The van der Waals surface area contributed by atoms with Crippen molar-refractivity contribution in [3.63, 3.8) is 0 Å². The largest absolute Gasteiger partial charge is 2.00 e.